The third kappa shape index (κ3) is 5.46. The van der Waals surface area contributed by atoms with E-state index in [0.29, 0.717) is 29.5 Å². The number of carbonyl (C=O) groups is 1. The average Bonchev–Trinajstić information content (AvgIpc) is 2.82. The number of likely N-dealkylation sites (tertiary alicyclic amines) is 1. The number of methoxy groups -OCH3 is 1. The zero-order valence-electron chi connectivity index (χ0n) is 18.8. The topological polar surface area (TPSA) is 76.6 Å². The fourth-order valence-electron chi connectivity index (χ4n) is 3.86. The highest BCUT2D eigenvalue weighted by atomic mass is 19.1. The second kappa shape index (κ2) is 10.4. The lowest BCUT2D eigenvalue weighted by molar-refractivity contribution is 0.112. The summed E-state index contributed by atoms with van der Waals surface area (Å²) < 4.78 is 25.0. The van der Waals surface area contributed by atoms with Crippen molar-refractivity contribution in [3.05, 3.63) is 71.3 Å². The van der Waals surface area contributed by atoms with Crippen LogP contribution in [-0.4, -0.2) is 47.9 Å². The van der Waals surface area contributed by atoms with Crippen LogP contribution in [0.3, 0.4) is 0 Å². The normalized spacial score (nSPS) is 13.9. The molecule has 1 aromatic heterocycles. The molecule has 0 atom stereocenters. The van der Waals surface area contributed by atoms with E-state index < -0.39 is 5.82 Å². The molecule has 3 aromatic rings. The molecule has 4 rings (SSSR count). The van der Waals surface area contributed by atoms with Gasteiger partial charge in [0.15, 0.2) is 17.3 Å². The number of aromatic nitrogens is 2. The predicted octanol–water partition coefficient (Wildman–Crippen LogP) is 4.57. The van der Waals surface area contributed by atoms with Crippen molar-refractivity contribution >= 4 is 17.9 Å². The summed E-state index contributed by atoms with van der Waals surface area (Å²) in [5, 5.41) is 3.17. The van der Waals surface area contributed by atoms with Gasteiger partial charge in [0.25, 0.3) is 0 Å². The number of hydrogen-bond acceptors (Lipinski definition) is 7. The van der Waals surface area contributed by atoms with Crippen LogP contribution in [0.1, 0.15) is 40.7 Å². The van der Waals surface area contributed by atoms with E-state index in [1.54, 1.807) is 0 Å². The molecule has 1 saturated heterocycles. The van der Waals surface area contributed by atoms with Crippen LogP contribution < -0.4 is 14.8 Å². The summed E-state index contributed by atoms with van der Waals surface area (Å²) >= 11 is 0. The van der Waals surface area contributed by atoms with Gasteiger partial charge >= 0.3 is 0 Å². The number of nitrogens with zero attached hydrogens (tertiary/aromatic N) is 3. The highest BCUT2D eigenvalue weighted by Gasteiger charge is 2.26. The van der Waals surface area contributed by atoms with Crippen LogP contribution >= 0.6 is 0 Å². The number of anilines is 2. The molecule has 1 fully saturated rings. The van der Waals surface area contributed by atoms with Crippen molar-refractivity contribution in [2.75, 3.05) is 32.1 Å². The first kappa shape index (κ1) is 22.7. The molecule has 2 heterocycles. The maximum absolute atomic E-state index is 14.4. The lowest BCUT2D eigenvalue weighted by Crippen LogP contribution is -2.45. The Bertz CT molecular complexity index is 1080. The number of carbonyl (C=O) groups excluding carboxylic acids is 1. The molecular weight excluding hydrogens is 423 g/mol. The van der Waals surface area contributed by atoms with Crippen LogP contribution in [0.4, 0.5) is 16.0 Å². The van der Waals surface area contributed by atoms with Gasteiger partial charge < -0.3 is 19.7 Å². The highest BCUT2D eigenvalue weighted by molar-refractivity contribution is 5.76. The van der Waals surface area contributed by atoms with Gasteiger partial charge in [0.05, 0.1) is 19.5 Å². The number of aldehydes is 1. The smallest absolute Gasteiger partial charge is 0.227 e. The zero-order chi connectivity index (χ0) is 23.2. The minimum atomic E-state index is -0.564. The van der Waals surface area contributed by atoms with Crippen LogP contribution in [-0.2, 0) is 6.61 Å². The van der Waals surface area contributed by atoms with E-state index in [-0.39, 0.29) is 17.9 Å². The maximum Gasteiger partial charge on any atom is 0.227 e. The molecule has 1 N–H and O–H groups in total. The first-order chi connectivity index (χ1) is 16.1. The van der Waals surface area contributed by atoms with Crippen molar-refractivity contribution < 1.29 is 18.7 Å². The molecule has 8 heteroatoms. The van der Waals surface area contributed by atoms with Gasteiger partial charge in [-0.25, -0.2) is 14.4 Å². The Morgan fingerprint density at radius 2 is 1.91 bits per heavy atom. The summed E-state index contributed by atoms with van der Waals surface area (Å²) in [6, 6.07) is 11.1. The van der Waals surface area contributed by atoms with Crippen molar-refractivity contribution in [1.82, 2.24) is 14.9 Å². The monoisotopic (exact) mass is 450 g/mol. The van der Waals surface area contributed by atoms with E-state index in [9.17, 15) is 9.18 Å². The van der Waals surface area contributed by atoms with E-state index in [2.05, 4.69) is 39.2 Å². The van der Waals surface area contributed by atoms with Gasteiger partial charge in [-0.15, -0.1) is 0 Å². The number of ether oxygens (including phenoxy) is 2. The first-order valence-electron chi connectivity index (χ1n) is 11.0. The molecule has 1 aliphatic rings. The lowest BCUT2D eigenvalue weighted by Gasteiger charge is -2.39. The van der Waals surface area contributed by atoms with E-state index in [1.807, 2.05) is 12.1 Å². The van der Waals surface area contributed by atoms with E-state index in [4.69, 9.17) is 9.47 Å². The van der Waals surface area contributed by atoms with Crippen molar-refractivity contribution in [1.29, 1.82) is 0 Å². The molecule has 2 aromatic carbocycles. The first-order valence-corrected chi connectivity index (χ1v) is 11.0. The maximum atomic E-state index is 14.4. The van der Waals surface area contributed by atoms with Crippen molar-refractivity contribution in [2.24, 2.45) is 0 Å². The molecule has 0 amide bonds. The Balaban J connectivity index is 1.32. The number of rotatable bonds is 10. The Hall–Kier alpha value is -3.52. The molecule has 0 saturated carbocycles. The molecule has 0 aliphatic carbocycles. The number of hydrogen-bond donors (Lipinski definition) is 1. The Morgan fingerprint density at radius 1 is 1.18 bits per heavy atom. The molecular formula is C25H27FN4O3. The van der Waals surface area contributed by atoms with Gasteiger partial charge in [-0.3, -0.25) is 4.79 Å². The average molecular weight is 451 g/mol. The standard InChI is InChI=1S/C25H27FN4O3/c1-3-8-30-13-20(14-30)18-4-6-21(7-5-18)29-25-27-11-22(12-28-25)33-16-19-9-17(15-31)10-23(32-2)24(19)26/h4-7,9-12,15,20H,3,8,13-14,16H2,1-2H3,(H,27,28,29). The second-order valence-electron chi connectivity index (χ2n) is 8.05. The van der Waals surface area contributed by atoms with Crippen LogP contribution in [0.15, 0.2) is 48.8 Å². The molecule has 7 nitrogen and oxygen atoms in total. The number of nitrogens with one attached hydrogen (secondary N) is 1. The quantitative estimate of drug-likeness (QED) is 0.454. The number of benzene rings is 2. The van der Waals surface area contributed by atoms with Crippen LogP contribution in [0.5, 0.6) is 11.5 Å². The van der Waals surface area contributed by atoms with E-state index in [1.165, 1.54) is 50.2 Å². The fourth-order valence-corrected chi connectivity index (χ4v) is 3.86. The Kier molecular flexibility index (Phi) is 7.14. The summed E-state index contributed by atoms with van der Waals surface area (Å²) in [6.45, 7) is 5.54. The Morgan fingerprint density at radius 3 is 2.55 bits per heavy atom. The summed E-state index contributed by atoms with van der Waals surface area (Å²) in [4.78, 5) is 22.1. The molecule has 0 radical (unpaired) electrons. The van der Waals surface area contributed by atoms with Crippen molar-refractivity contribution in [2.45, 2.75) is 25.9 Å². The van der Waals surface area contributed by atoms with Crippen LogP contribution in [0.2, 0.25) is 0 Å². The fraction of sp³-hybridized carbons (Fsp3) is 0.320. The summed E-state index contributed by atoms with van der Waals surface area (Å²) in [5.74, 6) is 0.854. The Labute approximate surface area is 192 Å². The van der Waals surface area contributed by atoms with Crippen LogP contribution in [0.25, 0.3) is 0 Å². The molecule has 0 unspecified atom stereocenters. The van der Waals surface area contributed by atoms with Gasteiger partial charge in [-0.2, -0.15) is 0 Å². The van der Waals surface area contributed by atoms with Crippen molar-refractivity contribution in [3.63, 3.8) is 0 Å². The third-order valence-corrected chi connectivity index (χ3v) is 5.65. The molecule has 0 spiro atoms. The predicted molar refractivity (Wildman–Crippen MR) is 124 cm³/mol. The van der Waals surface area contributed by atoms with Gasteiger partial charge in [0.2, 0.25) is 5.95 Å². The largest absolute Gasteiger partial charge is 0.494 e. The molecule has 33 heavy (non-hydrogen) atoms. The third-order valence-electron chi connectivity index (χ3n) is 5.65. The van der Waals surface area contributed by atoms with E-state index in [0.717, 1.165) is 18.8 Å². The lowest BCUT2D eigenvalue weighted by atomic mass is 9.91. The van der Waals surface area contributed by atoms with Gasteiger partial charge in [0, 0.05) is 35.8 Å². The minimum absolute atomic E-state index is 0.00406. The second-order valence-corrected chi connectivity index (χ2v) is 8.05. The van der Waals surface area contributed by atoms with Crippen LogP contribution in [0, 0.1) is 5.82 Å². The molecule has 1 aliphatic heterocycles. The SMILES string of the molecule is CCCN1CC(c2ccc(Nc3ncc(OCc4cc(C=O)cc(OC)c4F)cn3)cc2)C1. The van der Waals surface area contributed by atoms with Gasteiger partial charge in [-0.1, -0.05) is 19.1 Å². The summed E-state index contributed by atoms with van der Waals surface area (Å²) in [5.41, 5.74) is 2.77. The van der Waals surface area contributed by atoms with Gasteiger partial charge in [-0.05, 0) is 42.8 Å². The summed E-state index contributed by atoms with van der Waals surface area (Å²) in [6.07, 6.45) is 4.85. The highest BCUT2D eigenvalue weighted by Crippen LogP contribution is 2.28. The summed E-state index contributed by atoms with van der Waals surface area (Å²) in [7, 11) is 1.35. The van der Waals surface area contributed by atoms with Crippen molar-refractivity contribution in [3.8, 4) is 11.5 Å². The van der Waals surface area contributed by atoms with E-state index >= 15 is 0 Å². The zero-order valence-corrected chi connectivity index (χ0v) is 18.8. The van der Waals surface area contributed by atoms with Gasteiger partial charge in [0.1, 0.15) is 12.9 Å². The molecule has 0 bridgehead atoms. The molecule has 172 valence electrons. The minimum Gasteiger partial charge on any atom is -0.494 e. The number of halogens is 1.